The van der Waals surface area contributed by atoms with Gasteiger partial charge in [0.05, 0.1) is 6.54 Å². The first-order chi connectivity index (χ1) is 7.08. The largest absolute Gasteiger partial charge is 0.353 e. The van der Waals surface area contributed by atoms with Crippen LogP contribution in [-0.2, 0) is 19.1 Å². The number of carbonyl (C=O) groups excluding carboxylic acids is 2. The molecule has 5 heteroatoms. The molecule has 0 fully saturated rings. The van der Waals surface area contributed by atoms with Crippen molar-refractivity contribution in [1.82, 2.24) is 5.32 Å². The van der Waals surface area contributed by atoms with Gasteiger partial charge in [-0.05, 0) is 20.8 Å². The van der Waals surface area contributed by atoms with Crippen molar-refractivity contribution in [2.75, 3.05) is 19.8 Å². The van der Waals surface area contributed by atoms with E-state index in [0.717, 1.165) is 13.2 Å². The molecule has 0 spiro atoms. The van der Waals surface area contributed by atoms with Crippen LogP contribution in [0.15, 0.2) is 0 Å². The molecule has 1 N–H and O–H groups in total. The van der Waals surface area contributed by atoms with E-state index < -0.39 is 0 Å². The predicted molar refractivity (Wildman–Crippen MR) is 57.5 cm³/mol. The van der Waals surface area contributed by atoms with Crippen molar-refractivity contribution in [3.63, 3.8) is 0 Å². The van der Waals surface area contributed by atoms with Crippen LogP contribution < -0.4 is 5.32 Å². The van der Waals surface area contributed by atoms with Gasteiger partial charge in [0.15, 0.2) is 6.29 Å². The summed E-state index contributed by atoms with van der Waals surface area (Å²) >= 11 is 0. The van der Waals surface area contributed by atoms with Crippen molar-refractivity contribution in [3.05, 3.63) is 0 Å². The van der Waals surface area contributed by atoms with Gasteiger partial charge in [0.25, 0.3) is 0 Å². The van der Waals surface area contributed by atoms with Crippen LogP contribution >= 0.6 is 0 Å². The predicted octanol–water partition coefficient (Wildman–Crippen LogP) is 0.727. The SMILES string of the molecule is CC(=O)NCC=O.CCOC(C)OCC. The number of carbonyl (C=O) groups is 2. The molecule has 0 rings (SSSR count). The van der Waals surface area contributed by atoms with E-state index in [9.17, 15) is 9.59 Å². The maximum atomic E-state index is 9.93. The molecule has 0 radical (unpaired) electrons. The minimum atomic E-state index is -0.174. The Kier molecular flexibility index (Phi) is 14.4. The maximum Gasteiger partial charge on any atom is 0.217 e. The van der Waals surface area contributed by atoms with Crippen molar-refractivity contribution in [2.45, 2.75) is 34.0 Å². The third kappa shape index (κ3) is 19.5. The van der Waals surface area contributed by atoms with Crippen LogP contribution in [0, 0.1) is 0 Å². The highest BCUT2D eigenvalue weighted by molar-refractivity contribution is 5.75. The van der Waals surface area contributed by atoms with Gasteiger partial charge < -0.3 is 19.6 Å². The molecule has 90 valence electrons. The van der Waals surface area contributed by atoms with Gasteiger partial charge in [0.2, 0.25) is 5.91 Å². The van der Waals surface area contributed by atoms with Crippen molar-refractivity contribution < 1.29 is 19.1 Å². The standard InChI is InChI=1S/C6H14O2.C4H7NO2/c1-4-7-6(3)8-5-2;1-4(7)5-2-3-6/h6H,4-5H2,1-3H3;3H,2H2,1H3,(H,5,7). The Morgan fingerprint density at radius 3 is 2.00 bits per heavy atom. The molecular weight excluding hydrogens is 198 g/mol. The molecule has 15 heavy (non-hydrogen) atoms. The molecule has 0 aromatic carbocycles. The number of ether oxygens (including phenoxy) is 2. The Hall–Kier alpha value is -0.940. The highest BCUT2D eigenvalue weighted by Crippen LogP contribution is 1.90. The molecule has 0 heterocycles. The van der Waals surface area contributed by atoms with Crippen LogP contribution in [0.5, 0.6) is 0 Å². The molecule has 0 saturated heterocycles. The molecule has 0 aromatic heterocycles. The lowest BCUT2D eigenvalue weighted by Crippen LogP contribution is -2.21. The zero-order valence-electron chi connectivity index (χ0n) is 9.91. The molecule has 5 nitrogen and oxygen atoms in total. The maximum absolute atomic E-state index is 9.93. The Labute approximate surface area is 91.1 Å². The minimum Gasteiger partial charge on any atom is -0.353 e. The van der Waals surface area contributed by atoms with Crippen LogP contribution in [0.3, 0.4) is 0 Å². The first-order valence-corrected chi connectivity index (χ1v) is 4.99. The summed E-state index contributed by atoms with van der Waals surface area (Å²) in [5.74, 6) is -0.174. The third-order valence-electron chi connectivity index (χ3n) is 1.24. The second-order valence-electron chi connectivity index (χ2n) is 2.58. The molecule has 1 amide bonds. The fraction of sp³-hybridized carbons (Fsp3) is 0.800. The van der Waals surface area contributed by atoms with Crippen molar-refractivity contribution in [1.29, 1.82) is 0 Å². The molecular formula is C10H21NO4. The summed E-state index contributed by atoms with van der Waals surface area (Å²) in [4.78, 5) is 19.4. The number of rotatable bonds is 6. The topological polar surface area (TPSA) is 64.6 Å². The van der Waals surface area contributed by atoms with Crippen LogP contribution in [0.2, 0.25) is 0 Å². The van der Waals surface area contributed by atoms with Crippen LogP contribution in [-0.4, -0.2) is 38.2 Å². The van der Waals surface area contributed by atoms with Crippen molar-refractivity contribution in [3.8, 4) is 0 Å². The average molecular weight is 219 g/mol. The summed E-state index contributed by atoms with van der Waals surface area (Å²) in [5, 5.41) is 2.29. The van der Waals surface area contributed by atoms with E-state index in [1.807, 2.05) is 20.8 Å². The van der Waals surface area contributed by atoms with Crippen molar-refractivity contribution >= 4 is 12.2 Å². The number of amides is 1. The normalized spacial score (nSPS) is 9.13. The first kappa shape index (κ1) is 16.5. The second kappa shape index (κ2) is 13.1. The van der Waals surface area contributed by atoms with Gasteiger partial charge in [-0.1, -0.05) is 0 Å². The molecule has 0 bridgehead atoms. The Bertz CT molecular complexity index is 156. The number of hydrogen-bond acceptors (Lipinski definition) is 4. The van der Waals surface area contributed by atoms with Gasteiger partial charge in [-0.2, -0.15) is 0 Å². The van der Waals surface area contributed by atoms with E-state index in [2.05, 4.69) is 5.32 Å². The van der Waals surface area contributed by atoms with E-state index in [1.165, 1.54) is 6.92 Å². The zero-order chi connectivity index (χ0) is 12.1. The number of nitrogens with one attached hydrogen (secondary N) is 1. The monoisotopic (exact) mass is 219 g/mol. The summed E-state index contributed by atoms with van der Waals surface area (Å²) < 4.78 is 10.1. The zero-order valence-corrected chi connectivity index (χ0v) is 9.91. The summed E-state index contributed by atoms with van der Waals surface area (Å²) in [6.07, 6.45) is 0.603. The fourth-order valence-electron chi connectivity index (χ4n) is 0.703. The molecule has 0 aliphatic rings. The van der Waals surface area contributed by atoms with Gasteiger partial charge in [-0.15, -0.1) is 0 Å². The molecule has 0 aliphatic heterocycles. The average Bonchev–Trinajstić information content (AvgIpc) is 2.16. The number of hydrogen-bond donors (Lipinski definition) is 1. The summed E-state index contributed by atoms with van der Waals surface area (Å²) in [5.41, 5.74) is 0. The van der Waals surface area contributed by atoms with Crippen LogP contribution in [0.4, 0.5) is 0 Å². The molecule has 0 aliphatic carbocycles. The van der Waals surface area contributed by atoms with Crippen LogP contribution in [0.1, 0.15) is 27.7 Å². The lowest BCUT2D eigenvalue weighted by molar-refractivity contribution is -0.123. The van der Waals surface area contributed by atoms with Crippen LogP contribution in [0.25, 0.3) is 0 Å². The van der Waals surface area contributed by atoms with E-state index >= 15 is 0 Å². The minimum absolute atomic E-state index is 0.0370. The fourth-order valence-corrected chi connectivity index (χ4v) is 0.703. The third-order valence-corrected chi connectivity index (χ3v) is 1.24. The molecule has 0 unspecified atom stereocenters. The highest BCUT2D eigenvalue weighted by Gasteiger charge is 1.94. The van der Waals surface area contributed by atoms with Gasteiger partial charge in [-0.25, -0.2) is 0 Å². The van der Waals surface area contributed by atoms with Gasteiger partial charge >= 0.3 is 0 Å². The van der Waals surface area contributed by atoms with E-state index in [0.29, 0.717) is 6.29 Å². The second-order valence-corrected chi connectivity index (χ2v) is 2.58. The molecule has 0 saturated carbocycles. The van der Waals surface area contributed by atoms with Crippen molar-refractivity contribution in [2.24, 2.45) is 0 Å². The molecule has 0 aromatic rings. The molecule has 0 atom stereocenters. The van der Waals surface area contributed by atoms with Gasteiger partial charge in [0.1, 0.15) is 6.29 Å². The summed E-state index contributed by atoms with van der Waals surface area (Å²) in [7, 11) is 0. The lowest BCUT2D eigenvalue weighted by Gasteiger charge is -2.09. The van der Waals surface area contributed by atoms with Gasteiger partial charge in [0, 0.05) is 20.1 Å². The Morgan fingerprint density at radius 2 is 1.80 bits per heavy atom. The Morgan fingerprint density at radius 1 is 1.33 bits per heavy atom. The van der Waals surface area contributed by atoms with E-state index in [1.54, 1.807) is 0 Å². The smallest absolute Gasteiger partial charge is 0.217 e. The van der Waals surface area contributed by atoms with E-state index in [4.69, 9.17) is 9.47 Å². The van der Waals surface area contributed by atoms with Gasteiger partial charge in [-0.3, -0.25) is 4.79 Å². The lowest BCUT2D eigenvalue weighted by atomic mass is 10.6. The summed E-state index contributed by atoms with van der Waals surface area (Å²) in [6, 6.07) is 0. The quantitative estimate of drug-likeness (QED) is 0.528. The Balaban J connectivity index is 0. The summed E-state index contributed by atoms with van der Waals surface area (Å²) in [6.45, 7) is 8.74. The highest BCUT2D eigenvalue weighted by atomic mass is 16.7. The van der Waals surface area contributed by atoms with E-state index in [-0.39, 0.29) is 18.7 Å². The first-order valence-electron chi connectivity index (χ1n) is 4.99. The number of aldehydes is 1.